The van der Waals surface area contributed by atoms with Crippen LogP contribution < -0.4 is 10.1 Å². The van der Waals surface area contributed by atoms with Crippen molar-refractivity contribution in [1.82, 2.24) is 9.97 Å². The van der Waals surface area contributed by atoms with Gasteiger partial charge in [0.15, 0.2) is 22.8 Å². The van der Waals surface area contributed by atoms with E-state index >= 15 is 0 Å². The molecule has 0 aliphatic carbocycles. The van der Waals surface area contributed by atoms with E-state index in [9.17, 15) is 4.79 Å². The summed E-state index contributed by atoms with van der Waals surface area (Å²) in [6, 6.07) is 0. The fourth-order valence-corrected chi connectivity index (χ4v) is 1.14. The number of nitrogens with zero attached hydrogens (tertiary/aromatic N) is 1. The zero-order valence-electron chi connectivity index (χ0n) is 5.96. The van der Waals surface area contributed by atoms with Crippen molar-refractivity contribution in [2.45, 2.75) is 0 Å². The third-order valence-corrected chi connectivity index (χ3v) is 1.71. The lowest BCUT2D eigenvalue weighted by Gasteiger charge is -2.15. The molecule has 1 amide bonds. The number of carbonyl (C=O) groups excluding carboxylic acids is 1. The average Bonchev–Trinajstić information content (AvgIpc) is 2.04. The number of aromatic amines is 1. The first-order chi connectivity index (χ1) is 5.77. The van der Waals surface area contributed by atoms with Crippen molar-refractivity contribution in [1.29, 1.82) is 0 Å². The minimum Gasteiger partial charge on any atom is -0.477 e. The third-order valence-electron chi connectivity index (χ3n) is 1.42. The third kappa shape index (κ3) is 1.06. The van der Waals surface area contributed by atoms with Crippen LogP contribution in [-0.4, -0.2) is 22.5 Å². The summed E-state index contributed by atoms with van der Waals surface area (Å²) in [4.78, 5) is 17.4. The molecule has 2 heterocycles. The molecule has 0 bridgehead atoms. The van der Waals surface area contributed by atoms with Gasteiger partial charge in [-0.05, 0) is 0 Å². The second-order valence-electron chi connectivity index (χ2n) is 2.25. The molecule has 1 aliphatic heterocycles. The van der Waals surface area contributed by atoms with Crippen molar-refractivity contribution in [2.24, 2.45) is 0 Å². The Labute approximate surface area is 72.8 Å². The van der Waals surface area contributed by atoms with E-state index in [0.29, 0.717) is 16.2 Å². The van der Waals surface area contributed by atoms with Crippen LogP contribution in [0.25, 0.3) is 0 Å². The standard InChI is InChI=1S/C6H5N3O2S/c10-3-1-11-4-5(9-3)7-2-8-6(4)12/h2H,1H2,(H2,7,8,9,10,12). The maximum absolute atomic E-state index is 10.8. The number of hydrogen-bond donors (Lipinski definition) is 2. The summed E-state index contributed by atoms with van der Waals surface area (Å²) in [6.45, 7) is -0.00380. The fraction of sp³-hybridized carbons (Fsp3) is 0.167. The van der Waals surface area contributed by atoms with Gasteiger partial charge in [0, 0.05) is 0 Å². The second-order valence-corrected chi connectivity index (χ2v) is 2.64. The Balaban J connectivity index is 2.56. The number of hydrogen-bond acceptors (Lipinski definition) is 4. The highest BCUT2D eigenvalue weighted by atomic mass is 32.1. The topological polar surface area (TPSA) is 67.0 Å². The summed E-state index contributed by atoms with van der Waals surface area (Å²) in [5.74, 6) is 0.720. The molecule has 0 atom stereocenters. The Morgan fingerprint density at radius 1 is 1.67 bits per heavy atom. The summed E-state index contributed by atoms with van der Waals surface area (Å²) in [7, 11) is 0. The van der Waals surface area contributed by atoms with Crippen molar-refractivity contribution in [2.75, 3.05) is 11.9 Å². The molecule has 62 valence electrons. The van der Waals surface area contributed by atoms with Crippen LogP contribution in [-0.2, 0) is 4.79 Å². The molecular formula is C6H5N3O2S. The number of amides is 1. The number of rotatable bonds is 0. The predicted molar refractivity (Wildman–Crippen MR) is 43.5 cm³/mol. The van der Waals surface area contributed by atoms with Gasteiger partial charge in [0.1, 0.15) is 0 Å². The van der Waals surface area contributed by atoms with Crippen molar-refractivity contribution < 1.29 is 9.53 Å². The molecule has 2 N–H and O–H groups in total. The first kappa shape index (κ1) is 7.23. The molecule has 0 radical (unpaired) electrons. The number of carbonyl (C=O) groups is 1. The zero-order chi connectivity index (χ0) is 8.55. The summed E-state index contributed by atoms with van der Waals surface area (Å²) in [5, 5.41) is 2.57. The maximum atomic E-state index is 10.8. The molecule has 12 heavy (non-hydrogen) atoms. The molecular weight excluding hydrogens is 178 g/mol. The molecule has 0 saturated carbocycles. The Kier molecular flexibility index (Phi) is 1.54. The molecule has 6 heteroatoms. The smallest absolute Gasteiger partial charge is 0.263 e. The monoisotopic (exact) mass is 183 g/mol. The van der Waals surface area contributed by atoms with Crippen LogP contribution in [0.15, 0.2) is 6.33 Å². The molecule has 0 aromatic carbocycles. The summed E-state index contributed by atoms with van der Waals surface area (Å²) in [5.41, 5.74) is 0. The normalized spacial score (nSPS) is 14.5. The minimum absolute atomic E-state index is 0.00380. The van der Waals surface area contributed by atoms with Gasteiger partial charge in [-0.2, -0.15) is 0 Å². The quantitative estimate of drug-likeness (QED) is 0.574. The molecule has 1 aromatic heterocycles. The fourth-order valence-electron chi connectivity index (χ4n) is 0.927. The van der Waals surface area contributed by atoms with E-state index in [-0.39, 0.29) is 12.5 Å². The number of nitrogens with one attached hydrogen (secondary N) is 2. The number of aromatic nitrogens is 2. The van der Waals surface area contributed by atoms with Gasteiger partial charge in [0.05, 0.1) is 6.33 Å². The van der Waals surface area contributed by atoms with E-state index in [2.05, 4.69) is 15.3 Å². The van der Waals surface area contributed by atoms with Crippen molar-refractivity contribution in [3.8, 4) is 5.75 Å². The van der Waals surface area contributed by atoms with Gasteiger partial charge in [-0.25, -0.2) is 4.98 Å². The summed E-state index contributed by atoms with van der Waals surface area (Å²) < 4.78 is 5.41. The van der Waals surface area contributed by atoms with Crippen LogP contribution in [0, 0.1) is 4.64 Å². The van der Waals surface area contributed by atoms with Crippen LogP contribution in [0.2, 0.25) is 0 Å². The molecule has 1 aliphatic rings. The average molecular weight is 183 g/mol. The van der Waals surface area contributed by atoms with E-state index in [1.165, 1.54) is 6.33 Å². The Bertz CT molecular complexity index is 387. The molecule has 0 saturated heterocycles. The van der Waals surface area contributed by atoms with Crippen molar-refractivity contribution in [3.63, 3.8) is 0 Å². The highest BCUT2D eigenvalue weighted by Gasteiger charge is 2.17. The molecule has 1 aromatic rings. The molecule has 0 fully saturated rings. The van der Waals surface area contributed by atoms with Gasteiger partial charge in [-0.3, -0.25) is 4.79 Å². The predicted octanol–water partition coefficient (Wildman–Crippen LogP) is 0.470. The van der Waals surface area contributed by atoms with Gasteiger partial charge >= 0.3 is 0 Å². The molecule has 0 unspecified atom stereocenters. The van der Waals surface area contributed by atoms with E-state index in [0.717, 1.165) is 0 Å². The summed E-state index contributed by atoms with van der Waals surface area (Å²) in [6.07, 6.45) is 1.41. The van der Waals surface area contributed by atoms with Crippen molar-refractivity contribution >= 4 is 23.9 Å². The highest BCUT2D eigenvalue weighted by molar-refractivity contribution is 7.71. The largest absolute Gasteiger partial charge is 0.477 e. The lowest BCUT2D eigenvalue weighted by atomic mass is 10.4. The van der Waals surface area contributed by atoms with Crippen LogP contribution >= 0.6 is 12.2 Å². The van der Waals surface area contributed by atoms with Crippen molar-refractivity contribution in [3.05, 3.63) is 11.0 Å². The zero-order valence-corrected chi connectivity index (χ0v) is 6.77. The number of anilines is 1. The number of H-pyrrole nitrogens is 1. The van der Waals surface area contributed by atoms with Crippen LogP contribution in [0.5, 0.6) is 5.75 Å². The van der Waals surface area contributed by atoms with Crippen LogP contribution in [0.3, 0.4) is 0 Å². The highest BCUT2D eigenvalue weighted by Crippen LogP contribution is 2.24. The Hall–Kier alpha value is -1.43. The first-order valence-corrected chi connectivity index (χ1v) is 3.68. The number of fused-ring (bicyclic) bond motifs is 1. The van der Waals surface area contributed by atoms with Gasteiger partial charge in [0.25, 0.3) is 5.91 Å². The molecule has 5 nitrogen and oxygen atoms in total. The van der Waals surface area contributed by atoms with Gasteiger partial charge < -0.3 is 15.0 Å². The molecule has 2 rings (SSSR count). The van der Waals surface area contributed by atoms with E-state index in [4.69, 9.17) is 17.0 Å². The summed E-state index contributed by atoms with van der Waals surface area (Å²) >= 11 is 4.87. The SMILES string of the molecule is O=C1COc2c([nH]cnc2=S)N1. The van der Waals surface area contributed by atoms with Crippen LogP contribution in [0.4, 0.5) is 5.82 Å². The van der Waals surface area contributed by atoms with E-state index in [1.807, 2.05) is 0 Å². The van der Waals surface area contributed by atoms with Gasteiger partial charge in [-0.15, -0.1) is 0 Å². The Morgan fingerprint density at radius 2 is 2.50 bits per heavy atom. The van der Waals surface area contributed by atoms with E-state index < -0.39 is 0 Å². The number of ether oxygens (including phenoxy) is 1. The first-order valence-electron chi connectivity index (χ1n) is 3.28. The Morgan fingerprint density at radius 3 is 3.33 bits per heavy atom. The van der Waals surface area contributed by atoms with Gasteiger partial charge in [-0.1, -0.05) is 12.2 Å². The maximum Gasteiger partial charge on any atom is 0.263 e. The van der Waals surface area contributed by atoms with Gasteiger partial charge in [0.2, 0.25) is 0 Å². The lowest BCUT2D eigenvalue weighted by molar-refractivity contribution is -0.118. The second kappa shape index (κ2) is 2.56. The van der Waals surface area contributed by atoms with Crippen LogP contribution in [0.1, 0.15) is 0 Å². The minimum atomic E-state index is -0.195. The molecule has 0 spiro atoms. The lowest BCUT2D eigenvalue weighted by Crippen LogP contribution is -2.26. The van der Waals surface area contributed by atoms with E-state index in [1.54, 1.807) is 0 Å².